The monoisotopic (exact) mass is 352 g/mol. The third kappa shape index (κ3) is 3.75. The quantitative estimate of drug-likeness (QED) is 0.719. The standard InChI is InChI=1S/C20H21FN4O/c1-15-2-4-16(5-3-15)20-22-19(26-23-20)14-24-10-12-25(13-11-24)18-8-6-17(21)7-9-18/h2-9H,10-14H2,1H3. The van der Waals surface area contributed by atoms with E-state index in [1.165, 1.54) is 17.7 Å². The van der Waals surface area contributed by atoms with Crippen molar-refractivity contribution in [1.82, 2.24) is 15.0 Å². The van der Waals surface area contributed by atoms with E-state index in [4.69, 9.17) is 4.52 Å². The first-order valence-corrected chi connectivity index (χ1v) is 8.80. The van der Waals surface area contributed by atoms with E-state index in [1.807, 2.05) is 36.4 Å². The summed E-state index contributed by atoms with van der Waals surface area (Å²) in [7, 11) is 0. The maximum atomic E-state index is 13.1. The summed E-state index contributed by atoms with van der Waals surface area (Å²) in [5, 5.41) is 4.09. The molecule has 0 atom stereocenters. The first-order valence-electron chi connectivity index (χ1n) is 8.80. The van der Waals surface area contributed by atoms with Gasteiger partial charge in [0.25, 0.3) is 0 Å². The highest BCUT2D eigenvalue weighted by Gasteiger charge is 2.19. The molecule has 0 radical (unpaired) electrons. The second-order valence-electron chi connectivity index (χ2n) is 6.62. The van der Waals surface area contributed by atoms with E-state index in [9.17, 15) is 4.39 Å². The lowest BCUT2D eigenvalue weighted by Gasteiger charge is -2.35. The Labute approximate surface area is 152 Å². The molecular formula is C20H21FN4O. The Morgan fingerprint density at radius 2 is 1.65 bits per heavy atom. The van der Waals surface area contributed by atoms with Crippen LogP contribution in [0.25, 0.3) is 11.4 Å². The third-order valence-corrected chi connectivity index (χ3v) is 4.70. The Bertz CT molecular complexity index is 852. The van der Waals surface area contributed by atoms with Crippen LogP contribution in [-0.4, -0.2) is 41.2 Å². The number of benzene rings is 2. The fraction of sp³-hybridized carbons (Fsp3) is 0.300. The summed E-state index contributed by atoms with van der Waals surface area (Å²) in [4.78, 5) is 9.08. The highest BCUT2D eigenvalue weighted by Crippen LogP contribution is 2.19. The Hall–Kier alpha value is -2.73. The maximum Gasteiger partial charge on any atom is 0.241 e. The minimum atomic E-state index is -0.201. The molecule has 1 fully saturated rings. The van der Waals surface area contributed by atoms with Crippen LogP contribution in [0.2, 0.25) is 0 Å². The number of aryl methyl sites for hydroxylation is 1. The molecule has 2 aromatic carbocycles. The minimum Gasteiger partial charge on any atom is -0.369 e. The predicted molar refractivity (Wildman–Crippen MR) is 98.4 cm³/mol. The lowest BCUT2D eigenvalue weighted by atomic mass is 10.1. The molecule has 6 heteroatoms. The van der Waals surface area contributed by atoms with Crippen LogP contribution >= 0.6 is 0 Å². The van der Waals surface area contributed by atoms with E-state index in [-0.39, 0.29) is 5.82 Å². The SMILES string of the molecule is Cc1ccc(-c2noc(CN3CCN(c4ccc(F)cc4)CC3)n2)cc1. The first kappa shape index (κ1) is 16.7. The van der Waals surface area contributed by atoms with Gasteiger partial charge in [0, 0.05) is 37.4 Å². The number of anilines is 1. The number of aromatic nitrogens is 2. The van der Waals surface area contributed by atoms with Gasteiger partial charge in [-0.15, -0.1) is 0 Å². The summed E-state index contributed by atoms with van der Waals surface area (Å²) in [6, 6.07) is 14.8. The molecule has 0 aliphatic carbocycles. The smallest absolute Gasteiger partial charge is 0.241 e. The lowest BCUT2D eigenvalue weighted by Crippen LogP contribution is -2.46. The van der Waals surface area contributed by atoms with Gasteiger partial charge in [0.15, 0.2) is 0 Å². The number of hydrogen-bond donors (Lipinski definition) is 0. The van der Waals surface area contributed by atoms with Crippen LogP contribution in [0, 0.1) is 12.7 Å². The largest absolute Gasteiger partial charge is 0.369 e. The average molecular weight is 352 g/mol. The van der Waals surface area contributed by atoms with Gasteiger partial charge in [-0.05, 0) is 31.2 Å². The molecule has 0 saturated carbocycles. The summed E-state index contributed by atoms with van der Waals surface area (Å²) in [6.45, 7) is 6.29. The number of rotatable bonds is 4. The summed E-state index contributed by atoms with van der Waals surface area (Å²) >= 11 is 0. The van der Waals surface area contributed by atoms with Gasteiger partial charge in [0.1, 0.15) is 5.82 Å². The van der Waals surface area contributed by atoms with Crippen LogP contribution in [0.3, 0.4) is 0 Å². The second kappa shape index (κ2) is 7.25. The molecule has 1 saturated heterocycles. The van der Waals surface area contributed by atoms with Crippen molar-refractivity contribution in [2.24, 2.45) is 0 Å². The highest BCUT2D eigenvalue weighted by molar-refractivity contribution is 5.54. The molecule has 0 spiro atoms. The van der Waals surface area contributed by atoms with Gasteiger partial charge in [0.05, 0.1) is 6.54 Å². The van der Waals surface area contributed by atoms with E-state index >= 15 is 0 Å². The Balaban J connectivity index is 1.34. The van der Waals surface area contributed by atoms with Gasteiger partial charge in [0.2, 0.25) is 11.7 Å². The molecule has 5 nitrogen and oxygen atoms in total. The van der Waals surface area contributed by atoms with Crippen LogP contribution in [0.4, 0.5) is 10.1 Å². The first-order chi connectivity index (χ1) is 12.7. The van der Waals surface area contributed by atoms with E-state index < -0.39 is 0 Å². The van der Waals surface area contributed by atoms with Crippen molar-refractivity contribution >= 4 is 5.69 Å². The molecule has 0 bridgehead atoms. The lowest BCUT2D eigenvalue weighted by molar-refractivity contribution is 0.215. The molecule has 1 aliphatic heterocycles. The molecule has 1 aliphatic rings. The number of piperazine rings is 1. The van der Waals surface area contributed by atoms with Crippen LogP contribution < -0.4 is 4.90 Å². The van der Waals surface area contributed by atoms with Crippen molar-refractivity contribution in [3.63, 3.8) is 0 Å². The molecule has 0 amide bonds. The number of hydrogen-bond acceptors (Lipinski definition) is 5. The normalized spacial score (nSPS) is 15.4. The Kier molecular flexibility index (Phi) is 4.67. The van der Waals surface area contributed by atoms with Gasteiger partial charge >= 0.3 is 0 Å². The molecule has 0 N–H and O–H groups in total. The van der Waals surface area contributed by atoms with Crippen LogP contribution in [0.15, 0.2) is 53.1 Å². The van der Waals surface area contributed by atoms with Crippen LogP contribution in [-0.2, 0) is 6.54 Å². The van der Waals surface area contributed by atoms with Gasteiger partial charge in [-0.25, -0.2) is 4.39 Å². The third-order valence-electron chi connectivity index (χ3n) is 4.70. The van der Waals surface area contributed by atoms with E-state index in [0.717, 1.165) is 37.4 Å². The molecule has 26 heavy (non-hydrogen) atoms. The fourth-order valence-corrected chi connectivity index (χ4v) is 3.15. The van der Waals surface area contributed by atoms with Crippen LogP contribution in [0.5, 0.6) is 0 Å². The van der Waals surface area contributed by atoms with Gasteiger partial charge in [-0.2, -0.15) is 4.98 Å². The zero-order valence-corrected chi connectivity index (χ0v) is 14.7. The average Bonchev–Trinajstić information content (AvgIpc) is 3.12. The molecule has 3 aromatic rings. The molecule has 2 heterocycles. The summed E-state index contributed by atoms with van der Waals surface area (Å²) in [5.41, 5.74) is 3.23. The summed E-state index contributed by atoms with van der Waals surface area (Å²) in [6.07, 6.45) is 0. The molecular weight excluding hydrogens is 331 g/mol. The highest BCUT2D eigenvalue weighted by atomic mass is 19.1. The Morgan fingerprint density at radius 1 is 0.962 bits per heavy atom. The summed E-state index contributed by atoms with van der Waals surface area (Å²) < 4.78 is 18.5. The van der Waals surface area contributed by atoms with Crippen molar-refractivity contribution in [3.05, 3.63) is 65.8 Å². The topological polar surface area (TPSA) is 45.4 Å². The minimum absolute atomic E-state index is 0.201. The van der Waals surface area contributed by atoms with Gasteiger partial charge in [-0.3, -0.25) is 4.90 Å². The molecule has 1 aromatic heterocycles. The van der Waals surface area contributed by atoms with E-state index in [2.05, 4.69) is 26.9 Å². The van der Waals surface area contributed by atoms with Crippen molar-refractivity contribution < 1.29 is 8.91 Å². The van der Waals surface area contributed by atoms with E-state index in [0.29, 0.717) is 18.3 Å². The number of nitrogens with zero attached hydrogens (tertiary/aromatic N) is 4. The summed E-state index contributed by atoms with van der Waals surface area (Å²) in [5.74, 6) is 1.06. The maximum absolute atomic E-state index is 13.1. The molecule has 0 unspecified atom stereocenters. The predicted octanol–water partition coefficient (Wildman–Crippen LogP) is 3.51. The van der Waals surface area contributed by atoms with Crippen molar-refractivity contribution in [1.29, 1.82) is 0 Å². The zero-order valence-electron chi connectivity index (χ0n) is 14.7. The fourth-order valence-electron chi connectivity index (χ4n) is 3.15. The van der Waals surface area contributed by atoms with Crippen molar-refractivity contribution in [2.45, 2.75) is 13.5 Å². The van der Waals surface area contributed by atoms with Gasteiger partial charge in [-0.1, -0.05) is 35.0 Å². The Morgan fingerprint density at radius 3 is 2.35 bits per heavy atom. The zero-order chi connectivity index (χ0) is 17.9. The van der Waals surface area contributed by atoms with E-state index in [1.54, 1.807) is 0 Å². The van der Waals surface area contributed by atoms with Crippen molar-refractivity contribution in [3.8, 4) is 11.4 Å². The van der Waals surface area contributed by atoms with Crippen molar-refractivity contribution in [2.75, 3.05) is 31.1 Å². The van der Waals surface area contributed by atoms with Gasteiger partial charge < -0.3 is 9.42 Å². The number of halogens is 1. The molecule has 134 valence electrons. The molecule has 4 rings (SSSR count). The van der Waals surface area contributed by atoms with Crippen LogP contribution in [0.1, 0.15) is 11.5 Å². The second-order valence-corrected chi connectivity index (χ2v) is 6.62.